The zero-order chi connectivity index (χ0) is 17.6. The highest BCUT2D eigenvalue weighted by Gasteiger charge is 2.36. The lowest BCUT2D eigenvalue weighted by Crippen LogP contribution is -2.47. The van der Waals surface area contributed by atoms with Gasteiger partial charge in [0.1, 0.15) is 10.6 Å². The van der Waals surface area contributed by atoms with Gasteiger partial charge in [-0.1, -0.05) is 27.7 Å². The third-order valence-corrected chi connectivity index (χ3v) is 7.19. The average molecular weight is 422 g/mol. The van der Waals surface area contributed by atoms with Crippen LogP contribution < -0.4 is 10.1 Å². The number of nitrogens with one attached hydrogen (secondary N) is 1. The van der Waals surface area contributed by atoms with E-state index in [1.165, 1.54) is 0 Å². The maximum absolute atomic E-state index is 12.9. The number of carbonyl (C=O) groups is 1. The summed E-state index contributed by atoms with van der Waals surface area (Å²) in [5.74, 6) is 0.961. The van der Waals surface area contributed by atoms with Crippen LogP contribution in [0.4, 0.5) is 5.69 Å². The Bertz CT molecular complexity index is 785. The van der Waals surface area contributed by atoms with Gasteiger partial charge in [-0.2, -0.15) is 0 Å². The van der Waals surface area contributed by atoms with Crippen LogP contribution in [0.2, 0.25) is 0 Å². The molecule has 4 rings (SSSR count). The predicted molar refractivity (Wildman–Crippen MR) is 104 cm³/mol. The van der Waals surface area contributed by atoms with E-state index in [4.69, 9.17) is 4.74 Å². The maximum Gasteiger partial charge on any atom is 0.197 e. The first kappa shape index (κ1) is 17.0. The molecular weight excluding hydrogens is 402 g/mol. The average Bonchev–Trinajstić information content (AvgIpc) is 2.64. The number of allylic oxidation sites excluding steroid dienone is 3. The van der Waals surface area contributed by atoms with Crippen molar-refractivity contribution in [2.24, 2.45) is 0 Å². The Morgan fingerprint density at radius 1 is 1.28 bits per heavy atom. The molecule has 0 radical (unpaired) electrons. The standard InChI is InChI=1S/C18H20BrN3O2S/c1-21-5-7-22(8-6-21)14-10-13-18(16(19)17(14)23)25-15-9-11(24-2)3-4-12(15)20-13/h3-4,9-10,16,20H,5-8H2,1-2H3. The van der Waals surface area contributed by atoms with Gasteiger partial charge in [-0.05, 0) is 31.3 Å². The quantitative estimate of drug-likeness (QED) is 0.740. The van der Waals surface area contributed by atoms with Crippen LogP contribution in [0.5, 0.6) is 5.75 Å². The molecule has 1 aromatic rings. The summed E-state index contributed by atoms with van der Waals surface area (Å²) in [7, 11) is 3.78. The van der Waals surface area contributed by atoms with Crippen molar-refractivity contribution in [3.05, 3.63) is 40.6 Å². The summed E-state index contributed by atoms with van der Waals surface area (Å²) >= 11 is 5.25. The number of hydrogen-bond donors (Lipinski definition) is 1. The predicted octanol–water partition coefficient (Wildman–Crippen LogP) is 2.90. The second-order valence-electron chi connectivity index (χ2n) is 6.41. The van der Waals surface area contributed by atoms with Crippen LogP contribution in [0.25, 0.3) is 0 Å². The molecule has 0 saturated carbocycles. The molecule has 1 N–H and O–H groups in total. The van der Waals surface area contributed by atoms with Gasteiger partial charge in [0.2, 0.25) is 0 Å². The molecule has 1 saturated heterocycles. The fraction of sp³-hybridized carbons (Fsp3) is 0.389. The molecule has 132 valence electrons. The number of fused-ring (bicyclic) bond motifs is 1. The van der Waals surface area contributed by atoms with Gasteiger partial charge in [-0.15, -0.1) is 0 Å². The number of nitrogens with zero attached hydrogens (tertiary/aromatic N) is 2. The first-order valence-corrected chi connectivity index (χ1v) is 10.0. The number of methoxy groups -OCH3 is 1. The molecule has 1 unspecified atom stereocenters. The SMILES string of the molecule is COc1ccc2c(c1)SC1=C(C=C(N3CCN(C)CC3)C(=O)C1Br)N2. The number of ketones is 1. The van der Waals surface area contributed by atoms with Crippen molar-refractivity contribution < 1.29 is 9.53 Å². The molecule has 0 spiro atoms. The van der Waals surface area contributed by atoms with Crippen LogP contribution in [-0.2, 0) is 4.79 Å². The highest BCUT2D eigenvalue weighted by atomic mass is 79.9. The largest absolute Gasteiger partial charge is 0.497 e. The van der Waals surface area contributed by atoms with Crippen molar-refractivity contribution >= 4 is 39.2 Å². The molecule has 1 fully saturated rings. The Hall–Kier alpha value is -1.44. The molecule has 2 aliphatic heterocycles. The molecular formula is C18H20BrN3O2S. The van der Waals surface area contributed by atoms with Gasteiger partial charge in [-0.3, -0.25) is 4.79 Å². The first-order chi connectivity index (χ1) is 12.1. The van der Waals surface area contributed by atoms with Crippen molar-refractivity contribution in [1.82, 2.24) is 9.80 Å². The highest BCUT2D eigenvalue weighted by molar-refractivity contribution is 9.10. The van der Waals surface area contributed by atoms with Crippen molar-refractivity contribution in [1.29, 1.82) is 0 Å². The van der Waals surface area contributed by atoms with E-state index in [9.17, 15) is 4.79 Å². The molecule has 0 amide bonds. The number of piperazine rings is 1. The van der Waals surface area contributed by atoms with Gasteiger partial charge in [0.15, 0.2) is 5.78 Å². The number of benzene rings is 1. The van der Waals surface area contributed by atoms with E-state index in [1.54, 1.807) is 18.9 Å². The fourth-order valence-electron chi connectivity index (χ4n) is 3.24. The first-order valence-electron chi connectivity index (χ1n) is 8.27. The highest BCUT2D eigenvalue weighted by Crippen LogP contribution is 2.47. The van der Waals surface area contributed by atoms with E-state index in [2.05, 4.69) is 38.1 Å². The topological polar surface area (TPSA) is 44.8 Å². The lowest BCUT2D eigenvalue weighted by atomic mass is 10.0. The summed E-state index contributed by atoms with van der Waals surface area (Å²) in [6, 6.07) is 5.97. The minimum atomic E-state index is -0.306. The Labute approximate surface area is 160 Å². The lowest BCUT2D eigenvalue weighted by Gasteiger charge is -2.38. The van der Waals surface area contributed by atoms with Crippen LogP contribution >= 0.6 is 27.7 Å². The van der Waals surface area contributed by atoms with Crippen molar-refractivity contribution in [2.45, 2.75) is 9.72 Å². The third kappa shape index (κ3) is 3.09. The van der Waals surface area contributed by atoms with Crippen molar-refractivity contribution in [3.8, 4) is 5.75 Å². The smallest absolute Gasteiger partial charge is 0.197 e. The molecule has 0 aromatic heterocycles. The Morgan fingerprint density at radius 3 is 2.76 bits per heavy atom. The fourth-order valence-corrected chi connectivity index (χ4v) is 5.08. The van der Waals surface area contributed by atoms with Gasteiger partial charge >= 0.3 is 0 Å². The molecule has 2 heterocycles. The monoisotopic (exact) mass is 421 g/mol. The Kier molecular flexibility index (Phi) is 4.56. The van der Waals surface area contributed by atoms with E-state index < -0.39 is 0 Å². The van der Waals surface area contributed by atoms with Crippen LogP contribution in [0, 0.1) is 0 Å². The number of Topliss-reactive ketones (excluding diaryl/α,β-unsaturated/α-hetero) is 1. The Morgan fingerprint density at radius 2 is 2.04 bits per heavy atom. The number of carbonyl (C=O) groups excluding carboxylic acids is 1. The van der Waals surface area contributed by atoms with Gasteiger partial charge in [0.05, 0.1) is 24.2 Å². The summed E-state index contributed by atoms with van der Waals surface area (Å²) in [6.45, 7) is 3.73. The second-order valence-corrected chi connectivity index (χ2v) is 8.41. The number of rotatable bonds is 2. The minimum absolute atomic E-state index is 0.143. The van der Waals surface area contributed by atoms with E-state index in [1.807, 2.05) is 24.3 Å². The summed E-state index contributed by atoms with van der Waals surface area (Å²) in [4.78, 5) is 19.2. The van der Waals surface area contributed by atoms with Gasteiger partial charge in [0, 0.05) is 36.0 Å². The number of hydrogen-bond acceptors (Lipinski definition) is 6. The third-order valence-electron chi connectivity index (χ3n) is 4.78. The maximum atomic E-state index is 12.9. The summed E-state index contributed by atoms with van der Waals surface area (Å²) < 4.78 is 5.31. The van der Waals surface area contributed by atoms with E-state index in [0.717, 1.165) is 58.8 Å². The summed E-state index contributed by atoms with van der Waals surface area (Å²) in [6.07, 6.45) is 2.01. The number of alkyl halides is 1. The number of halogens is 1. The summed E-state index contributed by atoms with van der Waals surface area (Å²) in [5, 5.41) is 3.49. The van der Waals surface area contributed by atoms with Crippen LogP contribution in [0.1, 0.15) is 0 Å². The van der Waals surface area contributed by atoms with E-state index >= 15 is 0 Å². The molecule has 1 aliphatic carbocycles. The van der Waals surface area contributed by atoms with E-state index in [-0.39, 0.29) is 10.6 Å². The molecule has 1 atom stereocenters. The van der Waals surface area contributed by atoms with Crippen LogP contribution in [0.3, 0.4) is 0 Å². The van der Waals surface area contributed by atoms with Crippen molar-refractivity contribution in [2.75, 3.05) is 45.7 Å². The number of ether oxygens (including phenoxy) is 1. The van der Waals surface area contributed by atoms with Crippen molar-refractivity contribution in [3.63, 3.8) is 0 Å². The lowest BCUT2D eigenvalue weighted by molar-refractivity contribution is -0.116. The number of thioether (sulfide) groups is 1. The molecule has 25 heavy (non-hydrogen) atoms. The number of anilines is 1. The van der Waals surface area contributed by atoms with Gasteiger partial charge in [0.25, 0.3) is 0 Å². The minimum Gasteiger partial charge on any atom is -0.497 e. The molecule has 3 aliphatic rings. The normalized spacial score (nSPS) is 23.6. The van der Waals surface area contributed by atoms with E-state index in [0.29, 0.717) is 0 Å². The van der Waals surface area contributed by atoms with Gasteiger partial charge in [-0.25, -0.2) is 0 Å². The molecule has 5 nitrogen and oxygen atoms in total. The zero-order valence-corrected chi connectivity index (χ0v) is 16.6. The zero-order valence-electron chi connectivity index (χ0n) is 14.2. The summed E-state index contributed by atoms with van der Waals surface area (Å²) in [5.41, 5.74) is 2.87. The van der Waals surface area contributed by atoms with Gasteiger partial charge < -0.3 is 19.9 Å². The number of likely N-dealkylation sites (N-methyl/N-ethyl adjacent to an activating group) is 1. The van der Waals surface area contributed by atoms with Crippen LogP contribution in [0.15, 0.2) is 45.5 Å². The molecule has 1 aromatic carbocycles. The Balaban J connectivity index is 1.65. The molecule has 7 heteroatoms. The van der Waals surface area contributed by atoms with Crippen LogP contribution in [-0.4, -0.2) is 60.7 Å². The molecule has 0 bridgehead atoms. The second kappa shape index (κ2) is 6.70.